The summed E-state index contributed by atoms with van der Waals surface area (Å²) in [6, 6.07) is 9.50. The third kappa shape index (κ3) is 4.06. The fraction of sp³-hybridized carbons (Fsp3) is 0.364. The van der Waals surface area contributed by atoms with Crippen LogP contribution >= 0.6 is 11.3 Å². The average molecular weight is 413 g/mol. The highest BCUT2D eigenvalue weighted by atomic mass is 32.1. The third-order valence-corrected chi connectivity index (χ3v) is 5.99. The van der Waals surface area contributed by atoms with Crippen molar-refractivity contribution in [3.05, 3.63) is 51.8 Å². The van der Waals surface area contributed by atoms with Crippen molar-refractivity contribution >= 4 is 27.5 Å². The Hall–Kier alpha value is -2.64. The third-order valence-electron chi connectivity index (χ3n) is 4.95. The van der Waals surface area contributed by atoms with E-state index in [4.69, 9.17) is 14.2 Å². The van der Waals surface area contributed by atoms with E-state index in [0.29, 0.717) is 54.8 Å². The number of carbonyl (C=O) groups excluding carboxylic acids is 1. The lowest BCUT2D eigenvalue weighted by Crippen LogP contribution is -2.20. The number of thiazole rings is 1. The maximum absolute atomic E-state index is 12.9. The topological polar surface area (TPSA) is 62.1 Å². The number of aryl methyl sites for hydroxylation is 2. The van der Waals surface area contributed by atoms with Crippen LogP contribution in [0.2, 0.25) is 0 Å². The minimum atomic E-state index is -0.299. The number of hydrogen-bond acceptors (Lipinski definition) is 5. The van der Waals surface area contributed by atoms with Gasteiger partial charge in [0.05, 0.1) is 16.8 Å². The van der Waals surface area contributed by atoms with Crippen LogP contribution in [0.15, 0.2) is 35.3 Å². The number of benzene rings is 2. The van der Waals surface area contributed by atoms with Crippen molar-refractivity contribution in [1.29, 1.82) is 0 Å². The number of rotatable bonds is 5. The molecule has 1 aromatic heterocycles. The summed E-state index contributed by atoms with van der Waals surface area (Å²) in [5, 5.41) is 0. The van der Waals surface area contributed by atoms with E-state index in [0.717, 1.165) is 10.2 Å². The van der Waals surface area contributed by atoms with Gasteiger partial charge in [-0.2, -0.15) is 4.99 Å². The number of carbonyl (C=O) groups is 1. The van der Waals surface area contributed by atoms with Gasteiger partial charge in [-0.05, 0) is 62.2 Å². The summed E-state index contributed by atoms with van der Waals surface area (Å²) in [4.78, 5) is 18.0. The van der Waals surface area contributed by atoms with E-state index in [1.54, 1.807) is 18.2 Å². The Morgan fingerprint density at radius 2 is 1.90 bits per heavy atom. The first kappa shape index (κ1) is 19.7. The van der Waals surface area contributed by atoms with E-state index in [2.05, 4.69) is 35.5 Å². The van der Waals surface area contributed by atoms with Crippen molar-refractivity contribution in [3.63, 3.8) is 0 Å². The summed E-state index contributed by atoms with van der Waals surface area (Å²) in [5.41, 5.74) is 3.99. The van der Waals surface area contributed by atoms with Crippen LogP contribution in [0.25, 0.3) is 10.2 Å². The zero-order valence-electron chi connectivity index (χ0n) is 16.9. The average Bonchev–Trinajstić information content (AvgIpc) is 3.04. The Morgan fingerprint density at radius 1 is 1.14 bits per heavy atom. The Morgan fingerprint density at radius 3 is 2.69 bits per heavy atom. The maximum Gasteiger partial charge on any atom is 0.279 e. The molecule has 6 nitrogen and oxygen atoms in total. The number of aromatic nitrogens is 1. The monoisotopic (exact) mass is 412 g/mol. The molecule has 0 saturated heterocycles. The second-order valence-electron chi connectivity index (χ2n) is 6.91. The van der Waals surface area contributed by atoms with E-state index in [1.807, 2.05) is 6.92 Å². The van der Waals surface area contributed by atoms with Gasteiger partial charge >= 0.3 is 0 Å². The number of hydrogen-bond donors (Lipinski definition) is 0. The van der Waals surface area contributed by atoms with Crippen LogP contribution in [0.1, 0.15) is 28.4 Å². The molecule has 0 fully saturated rings. The second-order valence-corrected chi connectivity index (χ2v) is 7.92. The van der Waals surface area contributed by atoms with Crippen molar-refractivity contribution in [2.45, 2.75) is 27.3 Å². The van der Waals surface area contributed by atoms with Gasteiger partial charge in [0.1, 0.15) is 13.2 Å². The highest BCUT2D eigenvalue weighted by Gasteiger charge is 2.16. The molecule has 1 aliphatic rings. The fourth-order valence-corrected chi connectivity index (χ4v) is 4.39. The molecule has 0 radical (unpaired) electrons. The normalized spacial score (nSPS) is 13.8. The molecular formula is C22H24N2O4S. The smallest absolute Gasteiger partial charge is 0.279 e. The highest BCUT2D eigenvalue weighted by molar-refractivity contribution is 7.16. The van der Waals surface area contributed by atoms with Gasteiger partial charge in [-0.25, -0.2) is 0 Å². The molecule has 7 heteroatoms. The molecule has 29 heavy (non-hydrogen) atoms. The second kappa shape index (κ2) is 8.39. The number of nitrogens with zero attached hydrogens (tertiary/aromatic N) is 2. The van der Waals surface area contributed by atoms with Gasteiger partial charge in [0.15, 0.2) is 16.3 Å². The summed E-state index contributed by atoms with van der Waals surface area (Å²) in [6.45, 7) is 9.03. The molecule has 0 saturated carbocycles. The molecule has 152 valence electrons. The van der Waals surface area contributed by atoms with Crippen molar-refractivity contribution in [2.75, 3.05) is 26.4 Å². The van der Waals surface area contributed by atoms with Gasteiger partial charge in [-0.1, -0.05) is 11.3 Å². The van der Waals surface area contributed by atoms with Gasteiger partial charge in [0, 0.05) is 18.7 Å². The van der Waals surface area contributed by atoms with Gasteiger partial charge in [0.2, 0.25) is 0 Å². The van der Waals surface area contributed by atoms with E-state index < -0.39 is 0 Å². The Bertz CT molecular complexity index is 1130. The number of amides is 1. The SMILES string of the molecule is CCOCCn1c(=NC(=O)c2ccc3c(c2)OCCO3)sc2cc(C)c(C)cc21. The quantitative estimate of drug-likeness (QED) is 0.597. The first-order chi connectivity index (χ1) is 14.1. The van der Waals surface area contributed by atoms with Gasteiger partial charge in [-0.3, -0.25) is 4.79 Å². The Balaban J connectivity index is 1.76. The molecule has 0 spiro atoms. The Kier molecular flexibility index (Phi) is 5.69. The molecule has 0 aliphatic carbocycles. The lowest BCUT2D eigenvalue weighted by atomic mass is 10.1. The molecular weight excluding hydrogens is 388 g/mol. The molecule has 0 N–H and O–H groups in total. The molecule has 2 heterocycles. The first-order valence-electron chi connectivity index (χ1n) is 9.74. The molecule has 0 bridgehead atoms. The largest absolute Gasteiger partial charge is 0.486 e. The predicted molar refractivity (Wildman–Crippen MR) is 113 cm³/mol. The van der Waals surface area contributed by atoms with Crippen LogP contribution in [0.3, 0.4) is 0 Å². The minimum absolute atomic E-state index is 0.299. The molecule has 1 aliphatic heterocycles. The maximum atomic E-state index is 12.9. The van der Waals surface area contributed by atoms with Crippen LogP contribution in [0.4, 0.5) is 0 Å². The van der Waals surface area contributed by atoms with E-state index in [1.165, 1.54) is 22.5 Å². The van der Waals surface area contributed by atoms with Crippen molar-refractivity contribution in [1.82, 2.24) is 4.57 Å². The highest BCUT2D eigenvalue weighted by Crippen LogP contribution is 2.31. The van der Waals surface area contributed by atoms with Crippen molar-refractivity contribution in [2.24, 2.45) is 4.99 Å². The van der Waals surface area contributed by atoms with Gasteiger partial charge < -0.3 is 18.8 Å². The van der Waals surface area contributed by atoms with Gasteiger partial charge in [-0.15, -0.1) is 0 Å². The molecule has 1 amide bonds. The van der Waals surface area contributed by atoms with Gasteiger partial charge in [0.25, 0.3) is 5.91 Å². The van der Waals surface area contributed by atoms with Crippen LogP contribution < -0.4 is 14.3 Å². The zero-order valence-corrected chi connectivity index (χ0v) is 17.7. The molecule has 4 rings (SSSR count). The van der Waals surface area contributed by atoms with Crippen molar-refractivity contribution in [3.8, 4) is 11.5 Å². The van der Waals surface area contributed by atoms with Crippen LogP contribution in [0.5, 0.6) is 11.5 Å². The summed E-state index contributed by atoms with van der Waals surface area (Å²) in [5.74, 6) is 0.948. The van der Waals surface area contributed by atoms with E-state index in [9.17, 15) is 4.79 Å². The lowest BCUT2D eigenvalue weighted by molar-refractivity contribution is 0.0995. The lowest BCUT2D eigenvalue weighted by Gasteiger charge is -2.18. The molecule has 3 aromatic rings. The predicted octanol–water partition coefficient (Wildman–Crippen LogP) is 3.87. The summed E-state index contributed by atoms with van der Waals surface area (Å²) < 4.78 is 19.8. The summed E-state index contributed by atoms with van der Waals surface area (Å²) in [6.07, 6.45) is 0. The standard InChI is InChI=1S/C22H24N2O4S/c1-4-26-8-7-24-17-11-14(2)15(3)12-20(17)29-22(24)23-21(25)16-5-6-18-19(13-16)28-10-9-27-18/h5-6,11-13H,4,7-10H2,1-3H3. The van der Waals surface area contributed by atoms with E-state index in [-0.39, 0.29) is 5.91 Å². The minimum Gasteiger partial charge on any atom is -0.486 e. The zero-order chi connectivity index (χ0) is 20.4. The fourth-order valence-electron chi connectivity index (χ4n) is 3.25. The van der Waals surface area contributed by atoms with Crippen molar-refractivity contribution < 1.29 is 19.0 Å². The first-order valence-corrected chi connectivity index (χ1v) is 10.6. The molecule has 0 unspecified atom stereocenters. The van der Waals surface area contributed by atoms with E-state index >= 15 is 0 Å². The van der Waals surface area contributed by atoms with Crippen LogP contribution in [0, 0.1) is 13.8 Å². The van der Waals surface area contributed by atoms with Crippen LogP contribution in [-0.2, 0) is 11.3 Å². The molecule has 2 aromatic carbocycles. The number of ether oxygens (including phenoxy) is 3. The number of fused-ring (bicyclic) bond motifs is 2. The Labute approximate surface area is 173 Å². The summed E-state index contributed by atoms with van der Waals surface area (Å²) >= 11 is 1.52. The summed E-state index contributed by atoms with van der Waals surface area (Å²) in [7, 11) is 0. The van der Waals surface area contributed by atoms with Crippen LogP contribution in [-0.4, -0.2) is 36.9 Å². The molecule has 0 atom stereocenters.